The molecule has 0 heteroatoms. The van der Waals surface area contributed by atoms with E-state index in [2.05, 4.69) is 249 Å². The molecule has 0 spiro atoms. The van der Waals surface area contributed by atoms with Gasteiger partial charge in [0.25, 0.3) is 0 Å². The molecule has 0 nitrogen and oxygen atoms in total. The van der Waals surface area contributed by atoms with Gasteiger partial charge in [0.2, 0.25) is 0 Å². The zero-order chi connectivity index (χ0) is 31.7. The third-order valence-electron chi connectivity index (χ3n) is 2.58. The summed E-state index contributed by atoms with van der Waals surface area (Å²) in [5, 5.41) is 0. The van der Waals surface area contributed by atoms with Gasteiger partial charge in [-0.05, 0) is 94.7 Å². The van der Waals surface area contributed by atoms with Gasteiger partial charge in [0.15, 0.2) is 0 Å². The number of hydrogen-bond donors (Lipinski definition) is 0. The van der Waals surface area contributed by atoms with Gasteiger partial charge in [0.1, 0.15) is 0 Å². The highest BCUT2D eigenvalue weighted by Gasteiger charge is 1.61. The first-order valence-electron chi connectivity index (χ1n) is 10.8. The average Bonchev–Trinajstić information content (AvgIpc) is 3.04. The molecule has 0 saturated heterocycles. The lowest BCUT2D eigenvalue weighted by Gasteiger charge is -1.57. The van der Waals surface area contributed by atoms with Crippen molar-refractivity contribution in [2.24, 2.45) is 0 Å². The zero-order valence-electron chi connectivity index (χ0n) is 22.2. The van der Waals surface area contributed by atoms with Gasteiger partial charge in [-0.15, -0.1) is 12.8 Å². The summed E-state index contributed by atoms with van der Waals surface area (Å²) in [4.78, 5) is 0. The Bertz CT molecular complexity index is 2420. The standard InChI is InChI=1S/C44H2/c1-3-5-7-9-11-13-15-17-19-21-23-25-27-29-31-33-35-37-39-41-43-44-42-40-38-36-34-32-30-28-26-24-22-20-18-16-14-12-10-8-6-4-2/h1-2H. The van der Waals surface area contributed by atoms with Crippen LogP contribution in [0, 0.1) is 262 Å². The van der Waals surface area contributed by atoms with Crippen molar-refractivity contribution < 1.29 is 0 Å². The van der Waals surface area contributed by atoms with Gasteiger partial charge in [-0.3, -0.25) is 0 Å². The quantitative estimate of drug-likeness (QED) is 0.396. The number of hydrogen-bond acceptors (Lipinski definition) is 0. The van der Waals surface area contributed by atoms with E-state index in [1.54, 1.807) is 0 Å². The average molecular weight is 531 g/mol. The Hall–Kier alpha value is -9.68. The molecule has 0 aromatic carbocycles. The summed E-state index contributed by atoms with van der Waals surface area (Å²) in [7, 11) is 0. The Labute approximate surface area is 260 Å². The minimum absolute atomic E-state index is 2.12. The van der Waals surface area contributed by atoms with Crippen LogP contribution in [0.4, 0.5) is 0 Å². The van der Waals surface area contributed by atoms with Crippen LogP contribution in [0.2, 0.25) is 0 Å². The van der Waals surface area contributed by atoms with Crippen LogP contribution in [-0.2, 0) is 0 Å². The fraction of sp³-hybridized carbons (Fsp3) is 0. The van der Waals surface area contributed by atoms with E-state index in [1.807, 2.05) is 0 Å². The van der Waals surface area contributed by atoms with Crippen LogP contribution in [-0.4, -0.2) is 0 Å². The first-order valence-corrected chi connectivity index (χ1v) is 10.8. The summed E-state index contributed by atoms with van der Waals surface area (Å²) in [5.74, 6) is 103. The van der Waals surface area contributed by atoms with Crippen molar-refractivity contribution in [1.82, 2.24) is 0 Å². The maximum Gasteiger partial charge on any atom is 0 e. The number of rotatable bonds is 0. The van der Waals surface area contributed by atoms with Gasteiger partial charge in [0.05, 0.1) is 0 Å². The van der Waals surface area contributed by atoms with Gasteiger partial charge in [-0.1, -0.05) is 0 Å². The summed E-state index contributed by atoms with van der Waals surface area (Å²) in [5.41, 5.74) is 0. The van der Waals surface area contributed by atoms with Gasteiger partial charge < -0.3 is 0 Å². The predicted molar refractivity (Wildman–Crippen MR) is 173 cm³/mol. The highest BCUT2D eigenvalue weighted by molar-refractivity contribution is 5.50. The van der Waals surface area contributed by atoms with Crippen molar-refractivity contribution >= 4 is 0 Å². The Morgan fingerprint density at radius 2 is 0.182 bits per heavy atom. The van der Waals surface area contributed by atoms with Crippen molar-refractivity contribution in [3.8, 4) is 262 Å². The Morgan fingerprint density at radius 3 is 0.250 bits per heavy atom. The normalized spacial score (nSPS) is 3.86. The topological polar surface area (TPSA) is 0 Å². The third-order valence-corrected chi connectivity index (χ3v) is 2.58. The minimum atomic E-state index is 2.12. The van der Waals surface area contributed by atoms with Crippen LogP contribution in [0.3, 0.4) is 0 Å². The molecule has 178 valence electrons. The van der Waals surface area contributed by atoms with Crippen LogP contribution in [0.5, 0.6) is 0 Å². The van der Waals surface area contributed by atoms with Gasteiger partial charge >= 0.3 is 0 Å². The highest BCUT2D eigenvalue weighted by Crippen LogP contribution is 1.61. The van der Waals surface area contributed by atoms with E-state index in [4.69, 9.17) is 12.8 Å². The molecule has 44 heavy (non-hydrogen) atoms. The largest absolute Gasteiger partial charge is 0.106 e. The second kappa shape index (κ2) is 33.3. The summed E-state index contributed by atoms with van der Waals surface area (Å²) in [6.07, 6.45) is 9.87. The fourth-order valence-corrected chi connectivity index (χ4v) is 1.26. The predicted octanol–water partition coefficient (Wildman–Crippen LogP) is 0.321. The van der Waals surface area contributed by atoms with E-state index >= 15 is 0 Å². The van der Waals surface area contributed by atoms with Crippen LogP contribution >= 0.6 is 0 Å². The Kier molecular flexibility index (Phi) is 26.0. The van der Waals surface area contributed by atoms with Crippen LogP contribution < -0.4 is 0 Å². The lowest BCUT2D eigenvalue weighted by molar-refractivity contribution is 2.32. The SMILES string of the molecule is C#CC#CC#CC#CC#CC#CC#CC#CC#CC#CC#CC#CC#CC#CC#CC#CC#CC#CC#CC#CC#CC#C. The van der Waals surface area contributed by atoms with E-state index in [0.717, 1.165) is 0 Å². The molecule has 0 saturated carbocycles. The minimum Gasteiger partial charge on any atom is -0.106 e. The Balaban J connectivity index is 4.54. The molecule has 0 N–H and O–H groups in total. The molecular formula is C44H2. The van der Waals surface area contributed by atoms with Crippen molar-refractivity contribution in [3.63, 3.8) is 0 Å². The second-order valence-electron chi connectivity index (χ2n) is 5.29. The van der Waals surface area contributed by atoms with Crippen LogP contribution in [0.25, 0.3) is 0 Å². The van der Waals surface area contributed by atoms with E-state index in [1.165, 1.54) is 0 Å². The molecule has 0 aliphatic heterocycles. The van der Waals surface area contributed by atoms with E-state index < -0.39 is 0 Å². The molecule has 0 bridgehead atoms. The van der Waals surface area contributed by atoms with Crippen molar-refractivity contribution in [1.29, 1.82) is 0 Å². The summed E-state index contributed by atoms with van der Waals surface area (Å²) in [6, 6.07) is 0. The first-order chi connectivity index (χ1) is 21.9. The van der Waals surface area contributed by atoms with Gasteiger partial charge in [-0.25, -0.2) is 0 Å². The molecule has 0 fully saturated rings. The second-order valence-corrected chi connectivity index (χ2v) is 5.29. The van der Waals surface area contributed by atoms with Crippen molar-refractivity contribution in [2.75, 3.05) is 0 Å². The van der Waals surface area contributed by atoms with E-state index in [9.17, 15) is 0 Å². The first kappa shape index (κ1) is 34.3. The monoisotopic (exact) mass is 530 g/mol. The van der Waals surface area contributed by atoms with Gasteiger partial charge in [-0.2, -0.15) is 0 Å². The lowest BCUT2D eigenvalue weighted by atomic mass is 10.4. The molecule has 0 radical (unpaired) electrons. The zero-order valence-corrected chi connectivity index (χ0v) is 22.2. The molecule has 0 heterocycles. The van der Waals surface area contributed by atoms with Crippen molar-refractivity contribution in [3.05, 3.63) is 0 Å². The van der Waals surface area contributed by atoms with Gasteiger partial charge in [0, 0.05) is 154 Å². The molecular weight excluding hydrogens is 528 g/mol. The highest BCUT2D eigenvalue weighted by atomic mass is 13.6. The molecule has 0 atom stereocenters. The van der Waals surface area contributed by atoms with Crippen LogP contribution in [0.1, 0.15) is 0 Å². The Morgan fingerprint density at radius 1 is 0.114 bits per heavy atom. The molecule has 0 unspecified atom stereocenters. The maximum atomic E-state index is 4.93. The van der Waals surface area contributed by atoms with Crippen molar-refractivity contribution in [2.45, 2.75) is 0 Å². The molecule has 0 rings (SSSR count). The molecule has 0 aromatic rings. The lowest BCUT2D eigenvalue weighted by Crippen LogP contribution is -1.57. The van der Waals surface area contributed by atoms with E-state index in [0.29, 0.717) is 0 Å². The molecule has 0 aliphatic carbocycles. The van der Waals surface area contributed by atoms with Crippen LogP contribution in [0.15, 0.2) is 0 Å². The summed E-state index contributed by atoms with van der Waals surface area (Å²) >= 11 is 0. The smallest absolute Gasteiger partial charge is 0 e. The maximum absolute atomic E-state index is 4.93. The van der Waals surface area contributed by atoms with E-state index in [-0.39, 0.29) is 0 Å². The fourth-order valence-electron chi connectivity index (χ4n) is 1.26. The summed E-state index contributed by atoms with van der Waals surface area (Å²) in [6.45, 7) is 0. The third kappa shape index (κ3) is 32.3. The summed E-state index contributed by atoms with van der Waals surface area (Å²) < 4.78 is 0. The molecule has 0 aliphatic rings. The molecule has 0 aromatic heterocycles. The number of terminal acetylenes is 2. The molecule has 0 amide bonds.